The van der Waals surface area contributed by atoms with Crippen LogP contribution in [-0.4, -0.2) is 57.8 Å². The number of aryl methyl sites for hydroxylation is 1. The summed E-state index contributed by atoms with van der Waals surface area (Å²) in [5, 5.41) is 10.8. The number of benzene rings is 1. The predicted octanol–water partition coefficient (Wildman–Crippen LogP) is 1.70. The molecule has 0 radical (unpaired) electrons. The van der Waals surface area contributed by atoms with Gasteiger partial charge in [-0.1, -0.05) is 0 Å². The molecule has 0 bridgehead atoms. The number of hydrogen-bond donors (Lipinski definition) is 1. The zero-order valence-corrected chi connectivity index (χ0v) is 17.2. The van der Waals surface area contributed by atoms with Gasteiger partial charge in [-0.2, -0.15) is 0 Å². The lowest BCUT2D eigenvalue weighted by atomic mass is 10.1. The number of amides is 2. The van der Waals surface area contributed by atoms with E-state index in [0.29, 0.717) is 36.0 Å². The summed E-state index contributed by atoms with van der Waals surface area (Å²) >= 11 is 0. The van der Waals surface area contributed by atoms with Crippen molar-refractivity contribution in [3.63, 3.8) is 0 Å². The molecular formula is C20H27N5O4. The molecule has 1 N–H and O–H groups in total. The molecule has 2 aromatic rings. The van der Waals surface area contributed by atoms with Crippen LogP contribution in [0.1, 0.15) is 48.9 Å². The molecule has 0 unspecified atom stereocenters. The van der Waals surface area contributed by atoms with Gasteiger partial charge >= 0.3 is 0 Å². The molecule has 9 nitrogen and oxygen atoms in total. The third-order valence-corrected chi connectivity index (χ3v) is 5.09. The van der Waals surface area contributed by atoms with E-state index in [0.717, 1.165) is 12.8 Å². The van der Waals surface area contributed by atoms with Crippen LogP contribution in [0.4, 0.5) is 0 Å². The Labute approximate surface area is 170 Å². The molecule has 2 heterocycles. The lowest BCUT2D eigenvalue weighted by molar-refractivity contribution is -0.130. The molecule has 1 aliphatic rings. The fourth-order valence-corrected chi connectivity index (χ4v) is 3.41. The summed E-state index contributed by atoms with van der Waals surface area (Å²) in [5.41, 5.74) is 0.469. The minimum Gasteiger partial charge on any atom is -0.493 e. The Balaban J connectivity index is 1.69. The number of likely N-dealkylation sites (tertiary alicyclic amines) is 1. The third kappa shape index (κ3) is 4.85. The van der Waals surface area contributed by atoms with E-state index in [4.69, 9.17) is 9.47 Å². The molecule has 0 spiro atoms. The molecular weight excluding hydrogens is 374 g/mol. The summed E-state index contributed by atoms with van der Waals surface area (Å²) < 4.78 is 13.3. The Kier molecular flexibility index (Phi) is 6.36. The van der Waals surface area contributed by atoms with E-state index >= 15 is 0 Å². The molecule has 1 aromatic carbocycles. The Morgan fingerprint density at radius 1 is 1.24 bits per heavy atom. The van der Waals surface area contributed by atoms with E-state index in [1.807, 2.05) is 18.9 Å². The first-order valence-corrected chi connectivity index (χ1v) is 9.64. The molecule has 1 atom stereocenters. The van der Waals surface area contributed by atoms with Crippen LogP contribution in [-0.2, 0) is 11.8 Å². The second-order valence-corrected chi connectivity index (χ2v) is 7.18. The molecule has 1 aliphatic heterocycles. The number of nitrogens with zero attached hydrogens (tertiary/aromatic N) is 4. The van der Waals surface area contributed by atoms with Gasteiger partial charge in [-0.25, -0.2) is 0 Å². The normalized spacial score (nSPS) is 15.7. The Hall–Kier alpha value is -3.10. The highest BCUT2D eigenvalue weighted by Crippen LogP contribution is 2.31. The molecule has 2 amide bonds. The monoisotopic (exact) mass is 401 g/mol. The number of rotatable bonds is 6. The standard InChI is InChI=1S/C20H27N5O4/c1-13(19-23-21-12-24(19)3)22-20(27)15-5-6-17(28-4)18(11-15)29-16-7-9-25(10-8-16)14(2)26/h5-6,11-13,16H,7-10H2,1-4H3,(H,22,27)/t13-/m1/s1. The van der Waals surface area contributed by atoms with Gasteiger partial charge in [-0.05, 0) is 25.1 Å². The van der Waals surface area contributed by atoms with Crippen molar-refractivity contribution in [2.45, 2.75) is 38.8 Å². The van der Waals surface area contributed by atoms with Crippen molar-refractivity contribution in [1.29, 1.82) is 0 Å². The molecule has 156 valence electrons. The predicted molar refractivity (Wildman–Crippen MR) is 106 cm³/mol. The Morgan fingerprint density at radius 3 is 2.55 bits per heavy atom. The van der Waals surface area contributed by atoms with Gasteiger partial charge in [0.25, 0.3) is 5.91 Å². The zero-order chi connectivity index (χ0) is 21.0. The molecule has 1 fully saturated rings. The van der Waals surface area contributed by atoms with Crippen LogP contribution < -0.4 is 14.8 Å². The molecule has 29 heavy (non-hydrogen) atoms. The number of nitrogens with one attached hydrogen (secondary N) is 1. The Morgan fingerprint density at radius 2 is 1.97 bits per heavy atom. The third-order valence-electron chi connectivity index (χ3n) is 5.09. The van der Waals surface area contributed by atoms with Crippen LogP contribution in [0.15, 0.2) is 24.5 Å². The van der Waals surface area contributed by atoms with Gasteiger partial charge < -0.3 is 24.3 Å². The highest BCUT2D eigenvalue weighted by Gasteiger charge is 2.24. The number of aromatic nitrogens is 3. The molecule has 0 aliphatic carbocycles. The van der Waals surface area contributed by atoms with Crippen molar-refractivity contribution in [1.82, 2.24) is 25.0 Å². The van der Waals surface area contributed by atoms with Crippen LogP contribution in [0.3, 0.4) is 0 Å². The van der Waals surface area contributed by atoms with E-state index < -0.39 is 0 Å². The second-order valence-electron chi connectivity index (χ2n) is 7.18. The van der Waals surface area contributed by atoms with Crippen molar-refractivity contribution in [3.8, 4) is 11.5 Å². The fraction of sp³-hybridized carbons (Fsp3) is 0.500. The maximum atomic E-state index is 12.7. The smallest absolute Gasteiger partial charge is 0.252 e. The minimum atomic E-state index is -0.294. The van der Waals surface area contributed by atoms with Crippen molar-refractivity contribution in [3.05, 3.63) is 35.9 Å². The van der Waals surface area contributed by atoms with Crippen molar-refractivity contribution < 1.29 is 19.1 Å². The molecule has 1 saturated heterocycles. The summed E-state index contributed by atoms with van der Waals surface area (Å²) in [6.45, 7) is 4.76. The number of carbonyl (C=O) groups is 2. The van der Waals surface area contributed by atoms with Gasteiger partial charge in [0.05, 0.1) is 13.2 Å². The second kappa shape index (κ2) is 8.93. The van der Waals surface area contributed by atoms with Crippen molar-refractivity contribution in [2.24, 2.45) is 7.05 Å². The van der Waals surface area contributed by atoms with Crippen LogP contribution in [0.2, 0.25) is 0 Å². The number of hydrogen-bond acceptors (Lipinski definition) is 6. The van der Waals surface area contributed by atoms with Crippen molar-refractivity contribution >= 4 is 11.8 Å². The topological polar surface area (TPSA) is 98.6 Å². The number of carbonyl (C=O) groups excluding carboxylic acids is 2. The summed E-state index contributed by atoms with van der Waals surface area (Å²) in [5.74, 6) is 1.60. The first-order valence-electron chi connectivity index (χ1n) is 9.64. The average Bonchev–Trinajstić information content (AvgIpc) is 3.14. The van der Waals surface area contributed by atoms with Gasteiger partial charge in [-0.15, -0.1) is 10.2 Å². The summed E-state index contributed by atoms with van der Waals surface area (Å²) in [7, 11) is 3.39. The average molecular weight is 401 g/mol. The van der Waals surface area contributed by atoms with E-state index in [-0.39, 0.29) is 24.0 Å². The van der Waals surface area contributed by atoms with Gasteiger partial charge in [0.15, 0.2) is 17.3 Å². The largest absolute Gasteiger partial charge is 0.493 e. The highest BCUT2D eigenvalue weighted by atomic mass is 16.5. The maximum Gasteiger partial charge on any atom is 0.252 e. The fourth-order valence-electron chi connectivity index (χ4n) is 3.41. The minimum absolute atomic E-state index is 0.0321. The van der Waals surface area contributed by atoms with Crippen LogP contribution in [0, 0.1) is 0 Å². The van der Waals surface area contributed by atoms with Crippen LogP contribution in [0.25, 0.3) is 0 Å². The summed E-state index contributed by atoms with van der Waals surface area (Å²) in [6.07, 6.45) is 3.04. The van der Waals surface area contributed by atoms with Crippen LogP contribution >= 0.6 is 0 Å². The highest BCUT2D eigenvalue weighted by molar-refractivity contribution is 5.95. The van der Waals surface area contributed by atoms with E-state index in [2.05, 4.69) is 15.5 Å². The molecule has 3 rings (SSSR count). The van der Waals surface area contributed by atoms with E-state index in [9.17, 15) is 9.59 Å². The van der Waals surface area contributed by atoms with Gasteiger partial charge in [-0.3, -0.25) is 9.59 Å². The van der Waals surface area contributed by atoms with Gasteiger partial charge in [0, 0.05) is 45.5 Å². The summed E-state index contributed by atoms with van der Waals surface area (Å²) in [4.78, 5) is 26.0. The Bertz CT molecular complexity index is 874. The first-order chi connectivity index (χ1) is 13.9. The maximum absolute atomic E-state index is 12.7. The first kappa shape index (κ1) is 20.6. The molecule has 1 aromatic heterocycles. The lowest BCUT2D eigenvalue weighted by Gasteiger charge is -2.31. The molecule has 0 saturated carbocycles. The molecule has 9 heteroatoms. The number of ether oxygens (including phenoxy) is 2. The quantitative estimate of drug-likeness (QED) is 0.791. The zero-order valence-electron chi connectivity index (χ0n) is 17.2. The van der Waals surface area contributed by atoms with Crippen molar-refractivity contribution in [2.75, 3.05) is 20.2 Å². The van der Waals surface area contributed by atoms with Gasteiger partial charge in [0.1, 0.15) is 12.4 Å². The lowest BCUT2D eigenvalue weighted by Crippen LogP contribution is -2.40. The van der Waals surface area contributed by atoms with Gasteiger partial charge in [0.2, 0.25) is 5.91 Å². The number of methoxy groups -OCH3 is 1. The van der Waals surface area contributed by atoms with E-state index in [1.165, 1.54) is 0 Å². The summed E-state index contributed by atoms with van der Waals surface area (Å²) in [6, 6.07) is 4.82. The van der Waals surface area contributed by atoms with E-state index in [1.54, 1.807) is 43.1 Å². The SMILES string of the molecule is COc1ccc(C(=O)N[C@H](C)c2nncn2C)cc1OC1CCN(C(C)=O)CC1. The van der Waals surface area contributed by atoms with Crippen LogP contribution in [0.5, 0.6) is 11.5 Å². The number of piperidine rings is 1.